The Bertz CT molecular complexity index is 243. The van der Waals surface area contributed by atoms with Crippen molar-refractivity contribution in [3.63, 3.8) is 0 Å². The summed E-state index contributed by atoms with van der Waals surface area (Å²) in [6.45, 7) is 2.28. The van der Waals surface area contributed by atoms with Gasteiger partial charge in [-0.05, 0) is 18.4 Å². The molecule has 0 aliphatic heterocycles. The standard InChI is InChI=1S/C16H26.Ca/c1-2-3-4-5-6-7-8-10-13-16-14-11-9-12-15-16;/h9,11-12,14-15H,2-8,10,13H2,1H3;/q;+2. The van der Waals surface area contributed by atoms with Crippen molar-refractivity contribution in [3.05, 3.63) is 35.9 Å². The van der Waals surface area contributed by atoms with E-state index < -0.39 is 0 Å². The molecule has 0 aliphatic rings. The first-order valence-corrected chi connectivity index (χ1v) is 6.97. The van der Waals surface area contributed by atoms with Crippen LogP contribution in [0.25, 0.3) is 0 Å². The molecule has 1 heteroatoms. The third-order valence-electron chi connectivity index (χ3n) is 3.16. The largest absolute Gasteiger partial charge is 2.00 e. The quantitative estimate of drug-likeness (QED) is 0.432. The Balaban J connectivity index is 0.00000256. The Morgan fingerprint density at radius 2 is 1.24 bits per heavy atom. The SMILES string of the molecule is CCCCCCCCCCc1ccccc1.[Ca+2]. The molecule has 90 valence electrons. The summed E-state index contributed by atoms with van der Waals surface area (Å²) in [5, 5.41) is 0. The zero-order valence-electron chi connectivity index (χ0n) is 11.5. The van der Waals surface area contributed by atoms with E-state index in [-0.39, 0.29) is 37.7 Å². The minimum atomic E-state index is 0. The first-order valence-electron chi connectivity index (χ1n) is 6.97. The van der Waals surface area contributed by atoms with Crippen LogP contribution in [0.2, 0.25) is 0 Å². The molecule has 0 aliphatic carbocycles. The molecule has 0 unspecified atom stereocenters. The van der Waals surface area contributed by atoms with E-state index in [1.165, 1.54) is 63.4 Å². The van der Waals surface area contributed by atoms with Crippen LogP contribution in [0.5, 0.6) is 0 Å². The molecule has 0 saturated heterocycles. The molecule has 0 radical (unpaired) electrons. The molecular weight excluding hydrogens is 232 g/mol. The summed E-state index contributed by atoms with van der Waals surface area (Å²) in [6.07, 6.45) is 12.5. The van der Waals surface area contributed by atoms with Crippen LogP contribution < -0.4 is 0 Å². The topological polar surface area (TPSA) is 0 Å². The van der Waals surface area contributed by atoms with Gasteiger partial charge in [0.1, 0.15) is 0 Å². The molecule has 0 aromatic heterocycles. The second-order valence-corrected chi connectivity index (χ2v) is 4.71. The van der Waals surface area contributed by atoms with Crippen molar-refractivity contribution in [2.75, 3.05) is 0 Å². The van der Waals surface area contributed by atoms with E-state index in [0.717, 1.165) is 0 Å². The molecule has 0 fully saturated rings. The van der Waals surface area contributed by atoms with E-state index in [1.54, 1.807) is 0 Å². The number of unbranched alkanes of at least 4 members (excludes halogenated alkanes) is 7. The third-order valence-corrected chi connectivity index (χ3v) is 3.16. The molecule has 0 bridgehead atoms. The fourth-order valence-corrected chi connectivity index (χ4v) is 2.11. The van der Waals surface area contributed by atoms with Gasteiger partial charge in [-0.1, -0.05) is 82.2 Å². The summed E-state index contributed by atoms with van der Waals surface area (Å²) in [6, 6.07) is 10.8. The molecule has 1 aromatic rings. The van der Waals surface area contributed by atoms with Gasteiger partial charge in [0.2, 0.25) is 0 Å². The van der Waals surface area contributed by atoms with Gasteiger partial charge < -0.3 is 0 Å². The van der Waals surface area contributed by atoms with Crippen LogP contribution in [0.1, 0.15) is 63.9 Å². The van der Waals surface area contributed by atoms with Crippen molar-refractivity contribution < 1.29 is 0 Å². The Kier molecular flexibility index (Phi) is 13.3. The van der Waals surface area contributed by atoms with Gasteiger partial charge in [-0.2, -0.15) is 0 Å². The Morgan fingerprint density at radius 1 is 0.706 bits per heavy atom. The van der Waals surface area contributed by atoms with Crippen LogP contribution in [0.3, 0.4) is 0 Å². The van der Waals surface area contributed by atoms with Crippen LogP contribution in [-0.2, 0) is 6.42 Å². The molecule has 1 rings (SSSR count). The maximum absolute atomic E-state index is 2.28. The molecule has 1 aromatic carbocycles. The van der Waals surface area contributed by atoms with Crippen molar-refractivity contribution in [1.82, 2.24) is 0 Å². The Labute approximate surface area is 137 Å². The first-order chi connectivity index (χ1) is 7.93. The Hall–Kier alpha value is 0.480. The molecule has 0 atom stereocenters. The van der Waals surface area contributed by atoms with E-state index >= 15 is 0 Å². The molecule has 0 N–H and O–H groups in total. The number of rotatable bonds is 9. The zero-order chi connectivity index (χ0) is 11.5. The van der Waals surface area contributed by atoms with Crippen molar-refractivity contribution in [2.24, 2.45) is 0 Å². The number of aryl methyl sites for hydroxylation is 1. The minimum Gasteiger partial charge on any atom is -0.0654 e. The van der Waals surface area contributed by atoms with Crippen LogP contribution in [0, 0.1) is 0 Å². The van der Waals surface area contributed by atoms with Crippen LogP contribution >= 0.6 is 0 Å². The zero-order valence-corrected chi connectivity index (χ0v) is 13.7. The van der Waals surface area contributed by atoms with Gasteiger partial charge in [0, 0.05) is 0 Å². The smallest absolute Gasteiger partial charge is 0.0654 e. The second-order valence-electron chi connectivity index (χ2n) is 4.71. The number of hydrogen-bond donors (Lipinski definition) is 0. The van der Waals surface area contributed by atoms with E-state index in [0.29, 0.717) is 0 Å². The number of hydrogen-bond acceptors (Lipinski definition) is 0. The summed E-state index contributed by atoms with van der Waals surface area (Å²) in [5.74, 6) is 0. The van der Waals surface area contributed by atoms with E-state index in [1.807, 2.05) is 0 Å². The first kappa shape index (κ1) is 17.5. The maximum atomic E-state index is 2.28. The molecule has 17 heavy (non-hydrogen) atoms. The fraction of sp³-hybridized carbons (Fsp3) is 0.625. The van der Waals surface area contributed by atoms with Gasteiger partial charge in [0.15, 0.2) is 0 Å². The van der Waals surface area contributed by atoms with Gasteiger partial charge in [-0.15, -0.1) is 0 Å². The summed E-state index contributed by atoms with van der Waals surface area (Å²) >= 11 is 0. The van der Waals surface area contributed by atoms with E-state index in [4.69, 9.17) is 0 Å². The van der Waals surface area contributed by atoms with Gasteiger partial charge in [0.25, 0.3) is 0 Å². The predicted octanol–water partition coefficient (Wildman–Crippen LogP) is 4.99. The van der Waals surface area contributed by atoms with Gasteiger partial charge in [-0.3, -0.25) is 0 Å². The van der Waals surface area contributed by atoms with Crippen LogP contribution in [0.4, 0.5) is 0 Å². The summed E-state index contributed by atoms with van der Waals surface area (Å²) < 4.78 is 0. The van der Waals surface area contributed by atoms with Crippen LogP contribution in [-0.4, -0.2) is 37.7 Å². The van der Waals surface area contributed by atoms with Crippen LogP contribution in [0.15, 0.2) is 30.3 Å². The van der Waals surface area contributed by atoms with Crippen molar-refractivity contribution in [3.8, 4) is 0 Å². The van der Waals surface area contributed by atoms with Gasteiger partial charge in [-0.25, -0.2) is 0 Å². The molecule has 0 amide bonds. The molecule has 0 spiro atoms. The Morgan fingerprint density at radius 3 is 1.82 bits per heavy atom. The molecule has 0 saturated carbocycles. The average Bonchev–Trinajstić information content (AvgIpc) is 2.34. The summed E-state index contributed by atoms with van der Waals surface area (Å²) in [4.78, 5) is 0. The third kappa shape index (κ3) is 10.1. The second kappa shape index (κ2) is 12.9. The monoisotopic (exact) mass is 258 g/mol. The maximum Gasteiger partial charge on any atom is 2.00 e. The summed E-state index contributed by atoms with van der Waals surface area (Å²) in [5.41, 5.74) is 1.49. The normalized spacial score (nSPS) is 9.94. The van der Waals surface area contributed by atoms with E-state index in [9.17, 15) is 0 Å². The number of benzene rings is 1. The van der Waals surface area contributed by atoms with Crippen molar-refractivity contribution >= 4 is 37.7 Å². The molecular formula is C16H26Ca+2. The molecule has 0 nitrogen and oxygen atoms in total. The molecule has 0 heterocycles. The summed E-state index contributed by atoms with van der Waals surface area (Å²) in [7, 11) is 0. The van der Waals surface area contributed by atoms with Crippen molar-refractivity contribution in [2.45, 2.75) is 64.7 Å². The fourth-order valence-electron chi connectivity index (χ4n) is 2.11. The average molecular weight is 258 g/mol. The van der Waals surface area contributed by atoms with Gasteiger partial charge >= 0.3 is 37.7 Å². The van der Waals surface area contributed by atoms with E-state index in [2.05, 4.69) is 37.3 Å². The minimum absolute atomic E-state index is 0. The van der Waals surface area contributed by atoms with Crippen molar-refractivity contribution in [1.29, 1.82) is 0 Å². The van der Waals surface area contributed by atoms with Gasteiger partial charge in [0.05, 0.1) is 0 Å². The predicted molar refractivity (Wildman–Crippen MR) is 78.5 cm³/mol.